The Morgan fingerprint density at radius 2 is 2.46 bits per heavy atom. The molecule has 0 aromatic heterocycles. The van der Waals surface area contributed by atoms with Gasteiger partial charge in [-0.3, -0.25) is 4.79 Å². The van der Waals surface area contributed by atoms with Gasteiger partial charge in [0.05, 0.1) is 25.7 Å². The molecule has 1 fully saturated rings. The molecule has 0 radical (unpaired) electrons. The Morgan fingerprint density at radius 1 is 1.69 bits per heavy atom. The minimum absolute atomic E-state index is 0.0457. The lowest BCUT2D eigenvalue weighted by Gasteiger charge is -2.22. The molecule has 4 heteroatoms. The van der Waals surface area contributed by atoms with Gasteiger partial charge in [0.25, 0.3) is 0 Å². The van der Waals surface area contributed by atoms with E-state index in [1.165, 1.54) is 0 Å². The molecule has 1 amide bonds. The van der Waals surface area contributed by atoms with Crippen LogP contribution >= 0.6 is 0 Å². The fourth-order valence-corrected chi connectivity index (χ4v) is 1.69. The molecule has 1 atom stereocenters. The van der Waals surface area contributed by atoms with Crippen LogP contribution in [0.15, 0.2) is 0 Å². The van der Waals surface area contributed by atoms with Crippen molar-refractivity contribution in [2.24, 2.45) is 0 Å². The second-order valence-corrected chi connectivity index (χ2v) is 3.31. The van der Waals surface area contributed by atoms with Crippen molar-refractivity contribution in [3.63, 3.8) is 0 Å². The highest BCUT2D eigenvalue weighted by atomic mass is 16.5. The molecule has 0 spiro atoms. The fourth-order valence-electron chi connectivity index (χ4n) is 1.69. The number of rotatable bonds is 4. The predicted octanol–water partition coefficient (Wildman–Crippen LogP) is 0.00620. The Bertz CT molecular complexity index is 172. The van der Waals surface area contributed by atoms with Gasteiger partial charge < -0.3 is 14.7 Å². The largest absolute Gasteiger partial charge is 0.394 e. The maximum Gasteiger partial charge on any atom is 0.225 e. The lowest BCUT2D eigenvalue weighted by Crippen LogP contribution is -2.37. The average Bonchev–Trinajstić information content (AvgIpc) is 2.61. The standard InChI is InChI=1S/C9H17NO3/c1-13-6-4-9(12)10-5-2-3-8(10)7-11/h8,11H,2-7H2,1H3/t8-/m0/s1. The van der Waals surface area contributed by atoms with Gasteiger partial charge in [-0.25, -0.2) is 0 Å². The Hall–Kier alpha value is -0.610. The van der Waals surface area contributed by atoms with Crippen LogP contribution in [0.2, 0.25) is 0 Å². The number of likely N-dealkylation sites (tertiary alicyclic amines) is 1. The molecule has 76 valence electrons. The number of hydrogen-bond donors (Lipinski definition) is 1. The van der Waals surface area contributed by atoms with Crippen LogP contribution in [0.1, 0.15) is 19.3 Å². The summed E-state index contributed by atoms with van der Waals surface area (Å²) < 4.78 is 4.83. The third-order valence-electron chi connectivity index (χ3n) is 2.43. The monoisotopic (exact) mass is 187 g/mol. The van der Waals surface area contributed by atoms with Crippen LogP contribution in [0.4, 0.5) is 0 Å². The molecule has 1 N–H and O–H groups in total. The van der Waals surface area contributed by atoms with E-state index in [9.17, 15) is 4.79 Å². The Labute approximate surface area is 78.5 Å². The van der Waals surface area contributed by atoms with E-state index in [4.69, 9.17) is 9.84 Å². The van der Waals surface area contributed by atoms with Gasteiger partial charge >= 0.3 is 0 Å². The first-order valence-corrected chi connectivity index (χ1v) is 4.69. The van der Waals surface area contributed by atoms with Crippen molar-refractivity contribution in [1.29, 1.82) is 0 Å². The van der Waals surface area contributed by atoms with Crippen LogP contribution in [-0.2, 0) is 9.53 Å². The van der Waals surface area contributed by atoms with Crippen molar-refractivity contribution in [3.05, 3.63) is 0 Å². The smallest absolute Gasteiger partial charge is 0.225 e. The highest BCUT2D eigenvalue weighted by Gasteiger charge is 2.27. The van der Waals surface area contributed by atoms with E-state index in [-0.39, 0.29) is 18.6 Å². The second kappa shape index (κ2) is 5.19. The molecular formula is C9H17NO3. The van der Waals surface area contributed by atoms with Gasteiger partial charge in [-0.2, -0.15) is 0 Å². The summed E-state index contributed by atoms with van der Waals surface area (Å²) in [6.07, 6.45) is 2.35. The van der Waals surface area contributed by atoms with E-state index in [1.807, 2.05) is 0 Å². The zero-order valence-electron chi connectivity index (χ0n) is 8.03. The fraction of sp³-hybridized carbons (Fsp3) is 0.889. The summed E-state index contributed by atoms with van der Waals surface area (Å²) in [5.41, 5.74) is 0. The molecule has 1 heterocycles. The topological polar surface area (TPSA) is 49.8 Å². The van der Waals surface area contributed by atoms with Gasteiger partial charge in [-0.1, -0.05) is 0 Å². The summed E-state index contributed by atoms with van der Waals surface area (Å²) in [6, 6.07) is 0.0457. The summed E-state index contributed by atoms with van der Waals surface area (Å²) in [6.45, 7) is 1.33. The second-order valence-electron chi connectivity index (χ2n) is 3.31. The van der Waals surface area contributed by atoms with Crippen molar-refractivity contribution in [1.82, 2.24) is 4.90 Å². The highest BCUT2D eigenvalue weighted by Crippen LogP contribution is 2.17. The molecule has 1 saturated heterocycles. The first kappa shape index (κ1) is 10.5. The molecule has 13 heavy (non-hydrogen) atoms. The Morgan fingerprint density at radius 3 is 3.08 bits per heavy atom. The van der Waals surface area contributed by atoms with E-state index in [0.717, 1.165) is 19.4 Å². The van der Waals surface area contributed by atoms with Crippen LogP contribution in [-0.4, -0.2) is 48.8 Å². The summed E-state index contributed by atoms with van der Waals surface area (Å²) in [4.78, 5) is 13.3. The Balaban J connectivity index is 2.36. The maximum absolute atomic E-state index is 11.5. The normalized spacial score (nSPS) is 22.3. The first-order chi connectivity index (χ1) is 6.29. The summed E-state index contributed by atoms with van der Waals surface area (Å²) in [5, 5.41) is 8.99. The van der Waals surface area contributed by atoms with Crippen molar-refractivity contribution in [2.45, 2.75) is 25.3 Å². The minimum atomic E-state index is 0.0457. The van der Waals surface area contributed by atoms with Gasteiger partial charge in [0.15, 0.2) is 0 Å². The van der Waals surface area contributed by atoms with E-state index in [1.54, 1.807) is 12.0 Å². The predicted molar refractivity (Wildman–Crippen MR) is 48.3 cm³/mol. The third-order valence-corrected chi connectivity index (χ3v) is 2.43. The van der Waals surface area contributed by atoms with Gasteiger partial charge in [-0.05, 0) is 12.8 Å². The zero-order chi connectivity index (χ0) is 9.68. The molecule has 0 bridgehead atoms. The lowest BCUT2D eigenvalue weighted by molar-refractivity contribution is -0.133. The number of hydrogen-bond acceptors (Lipinski definition) is 3. The van der Waals surface area contributed by atoms with Crippen LogP contribution in [0, 0.1) is 0 Å². The number of ether oxygens (including phenoxy) is 1. The van der Waals surface area contributed by atoms with Gasteiger partial charge in [0.1, 0.15) is 0 Å². The number of carbonyl (C=O) groups is 1. The highest BCUT2D eigenvalue weighted by molar-refractivity contribution is 5.76. The molecular weight excluding hydrogens is 170 g/mol. The Kier molecular flexibility index (Phi) is 4.18. The zero-order valence-corrected chi connectivity index (χ0v) is 8.03. The van der Waals surface area contributed by atoms with Crippen molar-refractivity contribution in [3.8, 4) is 0 Å². The van der Waals surface area contributed by atoms with Gasteiger partial charge in [0, 0.05) is 13.7 Å². The van der Waals surface area contributed by atoms with E-state index in [2.05, 4.69) is 0 Å². The lowest BCUT2D eigenvalue weighted by atomic mass is 10.2. The number of methoxy groups -OCH3 is 1. The van der Waals surface area contributed by atoms with Gasteiger partial charge in [0.2, 0.25) is 5.91 Å². The van der Waals surface area contributed by atoms with Gasteiger partial charge in [-0.15, -0.1) is 0 Å². The molecule has 1 rings (SSSR count). The molecule has 0 aliphatic carbocycles. The summed E-state index contributed by atoms with van der Waals surface area (Å²) in [7, 11) is 1.58. The van der Waals surface area contributed by atoms with Crippen LogP contribution < -0.4 is 0 Å². The SMILES string of the molecule is COCCC(=O)N1CCC[C@H]1CO. The van der Waals surface area contributed by atoms with E-state index >= 15 is 0 Å². The van der Waals surface area contributed by atoms with Crippen molar-refractivity contribution < 1.29 is 14.6 Å². The first-order valence-electron chi connectivity index (χ1n) is 4.69. The maximum atomic E-state index is 11.5. The van der Waals surface area contributed by atoms with Crippen LogP contribution in [0.25, 0.3) is 0 Å². The third kappa shape index (κ3) is 2.67. The number of carbonyl (C=O) groups excluding carboxylic acids is 1. The van der Waals surface area contributed by atoms with E-state index < -0.39 is 0 Å². The van der Waals surface area contributed by atoms with E-state index in [0.29, 0.717) is 13.0 Å². The summed E-state index contributed by atoms with van der Waals surface area (Å²) in [5.74, 6) is 0.0957. The molecule has 1 aliphatic rings. The van der Waals surface area contributed by atoms with Crippen molar-refractivity contribution >= 4 is 5.91 Å². The van der Waals surface area contributed by atoms with Crippen LogP contribution in [0.3, 0.4) is 0 Å². The number of amides is 1. The average molecular weight is 187 g/mol. The molecule has 0 unspecified atom stereocenters. The molecule has 0 saturated carbocycles. The minimum Gasteiger partial charge on any atom is -0.394 e. The summed E-state index contributed by atoms with van der Waals surface area (Å²) >= 11 is 0. The number of nitrogens with zero attached hydrogens (tertiary/aromatic N) is 1. The number of aliphatic hydroxyl groups is 1. The number of aliphatic hydroxyl groups excluding tert-OH is 1. The van der Waals surface area contributed by atoms with Crippen LogP contribution in [0.5, 0.6) is 0 Å². The molecule has 0 aromatic carbocycles. The van der Waals surface area contributed by atoms with Crippen molar-refractivity contribution in [2.75, 3.05) is 26.9 Å². The molecule has 0 aromatic rings. The molecule has 4 nitrogen and oxygen atoms in total. The quantitative estimate of drug-likeness (QED) is 0.674. The molecule has 1 aliphatic heterocycles.